The summed E-state index contributed by atoms with van der Waals surface area (Å²) in [7, 11) is 0. The number of nitrogens with zero attached hydrogens (tertiary/aromatic N) is 1. The number of hydrogen-bond acceptors (Lipinski definition) is 4. The van der Waals surface area contributed by atoms with Gasteiger partial charge in [-0.25, -0.2) is 4.98 Å². The molecule has 1 aromatic rings. The molecule has 50 valence electrons. The first kappa shape index (κ1) is 7.05. The van der Waals surface area contributed by atoms with Gasteiger partial charge in [0.05, 0.1) is 14.9 Å². The Labute approximate surface area is 62.6 Å². The Bertz CT molecular complexity index is 207. The van der Waals surface area contributed by atoms with E-state index < -0.39 is 0 Å². The smallest absolute Gasteiger partial charge is 0.0979 e. The molecule has 0 saturated heterocycles. The molecule has 0 radical (unpaired) electrons. The highest BCUT2D eigenvalue weighted by molar-refractivity contribution is 7.99. The van der Waals surface area contributed by atoms with Crippen LogP contribution in [0.25, 0.3) is 0 Å². The van der Waals surface area contributed by atoms with E-state index in [0.29, 0.717) is 0 Å². The van der Waals surface area contributed by atoms with Gasteiger partial charge in [0.25, 0.3) is 0 Å². The largest absolute Gasteiger partial charge is 0.273 e. The van der Waals surface area contributed by atoms with Gasteiger partial charge in [-0.05, 0) is 25.8 Å². The van der Waals surface area contributed by atoms with Crippen molar-refractivity contribution in [2.24, 2.45) is 5.14 Å². The van der Waals surface area contributed by atoms with Gasteiger partial charge < -0.3 is 0 Å². The summed E-state index contributed by atoms with van der Waals surface area (Å²) in [6, 6.07) is 0. The van der Waals surface area contributed by atoms with Crippen LogP contribution in [0.15, 0.2) is 4.21 Å². The molecule has 1 rings (SSSR count). The zero-order valence-electron chi connectivity index (χ0n) is 5.34. The summed E-state index contributed by atoms with van der Waals surface area (Å²) in [5.74, 6) is 0. The molecule has 0 saturated carbocycles. The lowest BCUT2D eigenvalue weighted by Crippen LogP contribution is -1.77. The average Bonchev–Trinajstić information content (AvgIpc) is 2.10. The highest BCUT2D eigenvalue weighted by atomic mass is 32.2. The highest BCUT2D eigenvalue weighted by Crippen LogP contribution is 2.24. The van der Waals surface area contributed by atoms with Crippen molar-refractivity contribution in [1.82, 2.24) is 4.98 Å². The van der Waals surface area contributed by atoms with E-state index in [9.17, 15) is 0 Å². The van der Waals surface area contributed by atoms with Gasteiger partial charge >= 0.3 is 0 Å². The Morgan fingerprint density at radius 2 is 2.22 bits per heavy atom. The van der Waals surface area contributed by atoms with Gasteiger partial charge in [0, 0.05) is 0 Å². The number of hydrogen-bond donors (Lipinski definition) is 1. The van der Waals surface area contributed by atoms with E-state index in [-0.39, 0.29) is 0 Å². The molecule has 0 aromatic carbocycles. The molecule has 0 spiro atoms. The molecule has 0 aliphatic heterocycles. The van der Waals surface area contributed by atoms with E-state index in [1.807, 2.05) is 13.8 Å². The molecule has 0 unspecified atom stereocenters. The third-order valence-electron chi connectivity index (χ3n) is 0.968. The Balaban J connectivity index is 3.01. The fourth-order valence-electron chi connectivity index (χ4n) is 0.622. The molecule has 0 aliphatic carbocycles. The van der Waals surface area contributed by atoms with E-state index >= 15 is 0 Å². The van der Waals surface area contributed by atoms with Crippen molar-refractivity contribution in [2.45, 2.75) is 18.1 Å². The fourth-order valence-corrected chi connectivity index (χ4v) is 2.04. The van der Waals surface area contributed by atoms with Crippen LogP contribution in [-0.4, -0.2) is 4.98 Å². The van der Waals surface area contributed by atoms with Gasteiger partial charge in [-0.1, -0.05) is 0 Å². The summed E-state index contributed by atoms with van der Waals surface area (Å²) in [6.07, 6.45) is 0. The van der Waals surface area contributed by atoms with E-state index in [1.54, 1.807) is 11.3 Å². The van der Waals surface area contributed by atoms with Gasteiger partial charge in [0.1, 0.15) is 0 Å². The van der Waals surface area contributed by atoms with Crippen molar-refractivity contribution >= 4 is 23.3 Å². The first-order valence-corrected chi connectivity index (χ1v) is 4.24. The lowest BCUT2D eigenvalue weighted by molar-refractivity contribution is 1.16. The third kappa shape index (κ3) is 1.44. The Kier molecular flexibility index (Phi) is 2.10. The Hall–Kier alpha value is -0.0600. The molecule has 2 nitrogen and oxygen atoms in total. The fraction of sp³-hybridized carbons (Fsp3) is 0.400. The standard InChI is InChI=1S/C5H8N2S2/c1-3-5(9-6)8-4(2)7-3/h6H2,1-2H3. The number of nitrogens with two attached hydrogens (primary N) is 1. The van der Waals surface area contributed by atoms with Crippen molar-refractivity contribution in [2.75, 3.05) is 0 Å². The maximum absolute atomic E-state index is 5.35. The van der Waals surface area contributed by atoms with Crippen LogP contribution in [0.1, 0.15) is 10.7 Å². The van der Waals surface area contributed by atoms with Crippen LogP contribution in [0, 0.1) is 13.8 Å². The molecular formula is C5H8N2S2. The average molecular weight is 160 g/mol. The quantitative estimate of drug-likeness (QED) is 0.636. The van der Waals surface area contributed by atoms with E-state index in [4.69, 9.17) is 5.14 Å². The summed E-state index contributed by atoms with van der Waals surface area (Å²) in [6.45, 7) is 3.95. The SMILES string of the molecule is Cc1nc(C)c(SN)s1. The van der Waals surface area contributed by atoms with Gasteiger partial charge in [0.15, 0.2) is 0 Å². The van der Waals surface area contributed by atoms with Crippen LogP contribution in [0.2, 0.25) is 0 Å². The van der Waals surface area contributed by atoms with Crippen LogP contribution >= 0.6 is 23.3 Å². The summed E-state index contributed by atoms with van der Waals surface area (Å²) in [5, 5.41) is 6.43. The van der Waals surface area contributed by atoms with Gasteiger partial charge in [-0.2, -0.15) is 0 Å². The zero-order valence-corrected chi connectivity index (χ0v) is 6.97. The number of aryl methyl sites for hydroxylation is 2. The van der Waals surface area contributed by atoms with E-state index in [1.165, 1.54) is 11.9 Å². The lowest BCUT2D eigenvalue weighted by Gasteiger charge is -1.84. The predicted molar refractivity (Wildman–Crippen MR) is 41.6 cm³/mol. The number of aromatic nitrogens is 1. The molecule has 0 bridgehead atoms. The monoisotopic (exact) mass is 160 g/mol. The topological polar surface area (TPSA) is 38.9 Å². The van der Waals surface area contributed by atoms with Crippen LogP contribution in [0.4, 0.5) is 0 Å². The van der Waals surface area contributed by atoms with Gasteiger partial charge in [-0.15, -0.1) is 11.3 Å². The van der Waals surface area contributed by atoms with Crippen LogP contribution in [-0.2, 0) is 0 Å². The first-order chi connectivity index (χ1) is 4.24. The van der Waals surface area contributed by atoms with Crippen LogP contribution < -0.4 is 5.14 Å². The molecule has 2 N–H and O–H groups in total. The van der Waals surface area contributed by atoms with Crippen molar-refractivity contribution in [3.8, 4) is 0 Å². The molecule has 1 heterocycles. The van der Waals surface area contributed by atoms with Crippen molar-refractivity contribution in [1.29, 1.82) is 0 Å². The second-order valence-electron chi connectivity index (χ2n) is 1.72. The minimum atomic E-state index is 1.05. The number of thiazole rings is 1. The van der Waals surface area contributed by atoms with Gasteiger partial charge in [0.2, 0.25) is 0 Å². The molecule has 1 aromatic heterocycles. The highest BCUT2D eigenvalue weighted by Gasteiger charge is 2.01. The van der Waals surface area contributed by atoms with Crippen LogP contribution in [0.5, 0.6) is 0 Å². The second kappa shape index (κ2) is 2.68. The van der Waals surface area contributed by atoms with Crippen molar-refractivity contribution in [3.05, 3.63) is 10.7 Å². The maximum Gasteiger partial charge on any atom is 0.0979 e. The Morgan fingerprint density at radius 3 is 2.44 bits per heavy atom. The van der Waals surface area contributed by atoms with Crippen LogP contribution in [0.3, 0.4) is 0 Å². The number of rotatable bonds is 1. The minimum absolute atomic E-state index is 1.05. The molecule has 0 amide bonds. The molecule has 0 fully saturated rings. The summed E-state index contributed by atoms with van der Waals surface area (Å²) < 4.78 is 1.12. The normalized spacial score (nSPS) is 10.1. The summed E-state index contributed by atoms with van der Waals surface area (Å²) >= 11 is 2.91. The molecule has 4 heteroatoms. The Morgan fingerprint density at radius 1 is 1.56 bits per heavy atom. The maximum atomic E-state index is 5.35. The molecule has 0 aliphatic rings. The molecule has 0 atom stereocenters. The minimum Gasteiger partial charge on any atom is -0.273 e. The lowest BCUT2D eigenvalue weighted by atomic mass is 10.6. The first-order valence-electron chi connectivity index (χ1n) is 2.55. The summed E-state index contributed by atoms with van der Waals surface area (Å²) in [5.41, 5.74) is 1.05. The van der Waals surface area contributed by atoms with Crippen molar-refractivity contribution in [3.63, 3.8) is 0 Å². The van der Waals surface area contributed by atoms with E-state index in [2.05, 4.69) is 4.98 Å². The predicted octanol–water partition coefficient (Wildman–Crippen LogP) is 1.73. The van der Waals surface area contributed by atoms with Gasteiger partial charge in [-0.3, -0.25) is 5.14 Å². The van der Waals surface area contributed by atoms with E-state index in [0.717, 1.165) is 14.9 Å². The second-order valence-corrected chi connectivity index (χ2v) is 3.83. The zero-order chi connectivity index (χ0) is 6.85. The molecule has 9 heavy (non-hydrogen) atoms. The summed E-state index contributed by atoms with van der Waals surface area (Å²) in [4.78, 5) is 4.20. The third-order valence-corrected chi connectivity index (χ3v) is 2.88. The van der Waals surface area contributed by atoms with Crippen molar-refractivity contribution < 1.29 is 0 Å². The molecular weight excluding hydrogens is 152 g/mol.